The van der Waals surface area contributed by atoms with Crippen molar-refractivity contribution in [1.82, 2.24) is 9.88 Å². The second kappa shape index (κ2) is 6.97. The summed E-state index contributed by atoms with van der Waals surface area (Å²) in [6.07, 6.45) is 5.79. The van der Waals surface area contributed by atoms with Crippen LogP contribution in [-0.2, 0) is 16.0 Å². The molecule has 1 N–H and O–H groups in total. The third kappa shape index (κ3) is 3.33. The Morgan fingerprint density at radius 2 is 2.27 bits per heavy atom. The molecule has 22 heavy (non-hydrogen) atoms. The minimum Gasteiger partial charge on any atom is -0.376 e. The Hall–Kier alpha value is -1.81. The number of fused-ring (bicyclic) bond motifs is 1. The maximum atomic E-state index is 12.5. The maximum absolute atomic E-state index is 12.5. The van der Waals surface area contributed by atoms with Gasteiger partial charge in [0.25, 0.3) is 0 Å². The number of carbonyl (C=O) groups excluding carboxylic acids is 1. The van der Waals surface area contributed by atoms with E-state index in [1.54, 1.807) is 0 Å². The van der Waals surface area contributed by atoms with Gasteiger partial charge in [-0.05, 0) is 37.8 Å². The molecule has 0 spiro atoms. The standard InChI is InChI=1S/C18H24N2O2/c1-2-20(13-15-6-5-11-22-15)18(21)10-9-14-12-19-17-8-4-3-7-16(14)17/h3-4,7-8,12,15,19H,2,5-6,9-11,13H2,1H3. The molecule has 118 valence electrons. The largest absolute Gasteiger partial charge is 0.376 e. The van der Waals surface area contributed by atoms with Gasteiger partial charge in [-0.25, -0.2) is 0 Å². The zero-order valence-corrected chi connectivity index (χ0v) is 13.2. The second-order valence-corrected chi connectivity index (χ2v) is 5.93. The quantitative estimate of drug-likeness (QED) is 0.891. The summed E-state index contributed by atoms with van der Waals surface area (Å²) in [4.78, 5) is 17.7. The van der Waals surface area contributed by atoms with Gasteiger partial charge in [-0.2, -0.15) is 0 Å². The average Bonchev–Trinajstić information content (AvgIpc) is 3.20. The van der Waals surface area contributed by atoms with E-state index in [2.05, 4.69) is 17.1 Å². The normalized spacial score (nSPS) is 18.0. The SMILES string of the molecule is CCN(CC1CCCO1)C(=O)CCc1c[nH]c2ccccc12. The number of benzene rings is 1. The van der Waals surface area contributed by atoms with Crippen LogP contribution in [0, 0.1) is 0 Å². The summed E-state index contributed by atoms with van der Waals surface area (Å²) in [6.45, 7) is 4.38. The fraction of sp³-hybridized carbons (Fsp3) is 0.500. The Morgan fingerprint density at radius 1 is 1.41 bits per heavy atom. The lowest BCUT2D eigenvalue weighted by molar-refractivity contribution is -0.132. The minimum absolute atomic E-state index is 0.225. The molecule has 1 aromatic carbocycles. The molecule has 1 amide bonds. The molecule has 0 aliphatic carbocycles. The molecule has 1 aliphatic heterocycles. The van der Waals surface area contributed by atoms with Gasteiger partial charge in [0.15, 0.2) is 0 Å². The molecule has 2 heterocycles. The molecular formula is C18H24N2O2. The third-order valence-electron chi connectivity index (χ3n) is 4.47. The van der Waals surface area contributed by atoms with E-state index in [0.717, 1.165) is 44.5 Å². The van der Waals surface area contributed by atoms with Crippen LogP contribution in [0.3, 0.4) is 0 Å². The Kier molecular flexibility index (Phi) is 4.78. The van der Waals surface area contributed by atoms with Gasteiger partial charge in [0.05, 0.1) is 6.10 Å². The van der Waals surface area contributed by atoms with Gasteiger partial charge < -0.3 is 14.6 Å². The summed E-state index contributed by atoms with van der Waals surface area (Å²) in [5, 5.41) is 1.22. The second-order valence-electron chi connectivity index (χ2n) is 5.93. The summed E-state index contributed by atoms with van der Waals surface area (Å²) >= 11 is 0. The zero-order valence-electron chi connectivity index (χ0n) is 13.2. The molecule has 0 radical (unpaired) electrons. The number of amides is 1. The monoisotopic (exact) mass is 300 g/mol. The van der Waals surface area contributed by atoms with E-state index in [1.807, 2.05) is 30.2 Å². The van der Waals surface area contributed by atoms with Gasteiger partial charge in [0.2, 0.25) is 5.91 Å². The summed E-state index contributed by atoms with van der Waals surface area (Å²) in [6, 6.07) is 8.23. The van der Waals surface area contributed by atoms with Crippen molar-refractivity contribution in [2.24, 2.45) is 0 Å². The highest BCUT2D eigenvalue weighted by Crippen LogP contribution is 2.20. The Balaban J connectivity index is 1.58. The molecule has 4 heteroatoms. The van der Waals surface area contributed by atoms with E-state index in [0.29, 0.717) is 6.42 Å². The first-order valence-corrected chi connectivity index (χ1v) is 8.22. The number of nitrogens with zero attached hydrogens (tertiary/aromatic N) is 1. The Morgan fingerprint density at radius 3 is 3.05 bits per heavy atom. The molecule has 4 nitrogen and oxygen atoms in total. The molecule has 1 aliphatic rings. The number of likely N-dealkylation sites (N-methyl/N-ethyl adjacent to an activating group) is 1. The highest BCUT2D eigenvalue weighted by molar-refractivity contribution is 5.84. The number of aromatic nitrogens is 1. The van der Waals surface area contributed by atoms with Crippen molar-refractivity contribution in [3.63, 3.8) is 0 Å². The molecule has 3 rings (SSSR count). The number of hydrogen-bond acceptors (Lipinski definition) is 2. The first-order chi connectivity index (χ1) is 10.8. The van der Waals surface area contributed by atoms with E-state index in [4.69, 9.17) is 4.74 Å². The lowest BCUT2D eigenvalue weighted by atomic mass is 10.1. The van der Waals surface area contributed by atoms with Crippen molar-refractivity contribution in [1.29, 1.82) is 0 Å². The first kappa shape index (κ1) is 15.1. The highest BCUT2D eigenvalue weighted by atomic mass is 16.5. The number of carbonyl (C=O) groups is 1. The van der Waals surface area contributed by atoms with Crippen LogP contribution >= 0.6 is 0 Å². The van der Waals surface area contributed by atoms with Crippen molar-refractivity contribution in [2.45, 2.75) is 38.7 Å². The van der Waals surface area contributed by atoms with E-state index in [9.17, 15) is 4.79 Å². The molecule has 1 fully saturated rings. The number of ether oxygens (including phenoxy) is 1. The first-order valence-electron chi connectivity index (χ1n) is 8.22. The summed E-state index contributed by atoms with van der Waals surface area (Å²) in [7, 11) is 0. The number of hydrogen-bond donors (Lipinski definition) is 1. The van der Waals surface area contributed by atoms with Gasteiger partial charge in [0.1, 0.15) is 0 Å². The van der Waals surface area contributed by atoms with Crippen LogP contribution in [0.25, 0.3) is 10.9 Å². The smallest absolute Gasteiger partial charge is 0.222 e. The van der Waals surface area contributed by atoms with Crippen molar-refractivity contribution in [3.8, 4) is 0 Å². The van der Waals surface area contributed by atoms with Crippen LogP contribution in [0.4, 0.5) is 0 Å². The molecule has 1 aromatic heterocycles. The lowest BCUT2D eigenvalue weighted by Gasteiger charge is -2.24. The van der Waals surface area contributed by atoms with Gasteiger partial charge in [-0.1, -0.05) is 18.2 Å². The number of aryl methyl sites for hydroxylation is 1. The zero-order chi connectivity index (χ0) is 15.4. The van der Waals surface area contributed by atoms with Gasteiger partial charge in [-0.3, -0.25) is 4.79 Å². The maximum Gasteiger partial charge on any atom is 0.222 e. The van der Waals surface area contributed by atoms with Crippen LogP contribution in [0.2, 0.25) is 0 Å². The lowest BCUT2D eigenvalue weighted by Crippen LogP contribution is -2.37. The number of para-hydroxylation sites is 1. The molecule has 1 saturated heterocycles. The number of nitrogens with one attached hydrogen (secondary N) is 1. The van der Waals surface area contributed by atoms with Crippen LogP contribution < -0.4 is 0 Å². The van der Waals surface area contributed by atoms with E-state index < -0.39 is 0 Å². The topological polar surface area (TPSA) is 45.3 Å². The molecule has 0 bridgehead atoms. The predicted molar refractivity (Wildman–Crippen MR) is 87.8 cm³/mol. The van der Waals surface area contributed by atoms with E-state index in [1.165, 1.54) is 10.9 Å². The van der Waals surface area contributed by atoms with Crippen molar-refractivity contribution in [2.75, 3.05) is 19.7 Å². The molecule has 1 unspecified atom stereocenters. The van der Waals surface area contributed by atoms with Crippen molar-refractivity contribution < 1.29 is 9.53 Å². The van der Waals surface area contributed by atoms with Crippen LogP contribution in [0.15, 0.2) is 30.5 Å². The van der Waals surface area contributed by atoms with E-state index in [-0.39, 0.29) is 12.0 Å². The van der Waals surface area contributed by atoms with Gasteiger partial charge in [0, 0.05) is 43.2 Å². The predicted octanol–water partition coefficient (Wildman–Crippen LogP) is 3.13. The van der Waals surface area contributed by atoms with Crippen LogP contribution in [-0.4, -0.2) is 41.6 Å². The highest BCUT2D eigenvalue weighted by Gasteiger charge is 2.21. The number of rotatable bonds is 6. The number of H-pyrrole nitrogens is 1. The van der Waals surface area contributed by atoms with Crippen LogP contribution in [0.5, 0.6) is 0 Å². The molecule has 1 atom stereocenters. The van der Waals surface area contributed by atoms with Crippen molar-refractivity contribution in [3.05, 3.63) is 36.0 Å². The fourth-order valence-electron chi connectivity index (χ4n) is 3.18. The molecule has 0 saturated carbocycles. The Labute approximate surface area is 131 Å². The van der Waals surface area contributed by atoms with Crippen molar-refractivity contribution >= 4 is 16.8 Å². The number of aromatic amines is 1. The van der Waals surface area contributed by atoms with Gasteiger partial charge in [-0.15, -0.1) is 0 Å². The average molecular weight is 300 g/mol. The summed E-state index contributed by atoms with van der Waals surface area (Å²) in [5.74, 6) is 0.225. The minimum atomic E-state index is 0.225. The molecule has 2 aromatic rings. The van der Waals surface area contributed by atoms with E-state index >= 15 is 0 Å². The van der Waals surface area contributed by atoms with Gasteiger partial charge >= 0.3 is 0 Å². The Bertz CT molecular complexity index is 629. The summed E-state index contributed by atoms with van der Waals surface area (Å²) < 4.78 is 5.64. The third-order valence-corrected chi connectivity index (χ3v) is 4.47. The summed E-state index contributed by atoms with van der Waals surface area (Å²) in [5.41, 5.74) is 2.36. The molecular weight excluding hydrogens is 276 g/mol. The fourth-order valence-corrected chi connectivity index (χ4v) is 3.18. The van der Waals surface area contributed by atoms with Crippen LogP contribution in [0.1, 0.15) is 31.7 Å².